The van der Waals surface area contributed by atoms with Gasteiger partial charge in [0.25, 0.3) is 5.91 Å². The van der Waals surface area contributed by atoms with Gasteiger partial charge in [0.15, 0.2) is 0 Å². The molecule has 38 heavy (non-hydrogen) atoms. The smallest absolute Gasteiger partial charge is 0.410 e. The molecule has 4 rings (SSSR count). The summed E-state index contributed by atoms with van der Waals surface area (Å²) >= 11 is 0. The topological polar surface area (TPSA) is 117 Å². The lowest BCUT2D eigenvalue weighted by atomic mass is 10.0. The second kappa shape index (κ2) is 11.2. The van der Waals surface area contributed by atoms with Crippen LogP contribution in [0.25, 0.3) is 0 Å². The lowest BCUT2D eigenvalue weighted by Crippen LogP contribution is -2.58. The molecule has 0 radical (unpaired) electrons. The first kappa shape index (κ1) is 27.1. The molecule has 0 saturated carbocycles. The summed E-state index contributed by atoms with van der Waals surface area (Å²) in [4.78, 5) is 53.7. The fraction of sp³-hybridized carbons (Fsp3) is 0.429. The number of anilines is 2. The maximum absolute atomic E-state index is 13.6. The Kier molecular flexibility index (Phi) is 8.01. The van der Waals surface area contributed by atoms with Crippen LogP contribution < -0.4 is 10.6 Å². The number of carbonyl (C=O) groups is 4. The van der Waals surface area contributed by atoms with Gasteiger partial charge in [0, 0.05) is 31.4 Å². The highest BCUT2D eigenvalue weighted by Crippen LogP contribution is 2.30. The molecule has 3 unspecified atom stereocenters. The van der Waals surface area contributed by atoms with Crippen LogP contribution in [0, 0.1) is 0 Å². The molecule has 202 valence electrons. The number of fused-ring (bicyclic) bond motifs is 1. The molecular formula is C28H34N4O6. The van der Waals surface area contributed by atoms with E-state index < -0.39 is 23.9 Å². The SMILES string of the molecule is CC(=O)Nc1ccc(NC(=O)CC2OC3CN(C(=O)OC(C)(C)C)CC3N(Cc3ccccc3)C2=O)cc1. The molecule has 2 aliphatic rings. The van der Waals surface area contributed by atoms with Crippen LogP contribution in [0.4, 0.5) is 16.2 Å². The van der Waals surface area contributed by atoms with Crippen molar-refractivity contribution in [1.82, 2.24) is 9.80 Å². The maximum Gasteiger partial charge on any atom is 0.410 e. The third-order valence-corrected chi connectivity index (χ3v) is 6.24. The van der Waals surface area contributed by atoms with Crippen LogP contribution in [0.15, 0.2) is 54.6 Å². The normalized spacial score (nSPS) is 21.1. The third kappa shape index (κ3) is 6.89. The second-order valence-electron chi connectivity index (χ2n) is 10.6. The number of nitrogens with one attached hydrogen (secondary N) is 2. The van der Waals surface area contributed by atoms with Crippen LogP contribution in [-0.4, -0.2) is 70.6 Å². The predicted molar refractivity (Wildman–Crippen MR) is 141 cm³/mol. The Morgan fingerprint density at radius 2 is 1.61 bits per heavy atom. The molecule has 0 bridgehead atoms. The van der Waals surface area contributed by atoms with Crippen LogP contribution >= 0.6 is 0 Å². The van der Waals surface area contributed by atoms with Crippen molar-refractivity contribution in [3.05, 3.63) is 60.2 Å². The molecule has 2 aromatic carbocycles. The molecule has 2 aliphatic heterocycles. The number of rotatable bonds is 6. The van der Waals surface area contributed by atoms with E-state index in [1.807, 2.05) is 30.3 Å². The van der Waals surface area contributed by atoms with Crippen LogP contribution in [0.1, 0.15) is 39.7 Å². The molecule has 0 aromatic heterocycles. The minimum atomic E-state index is -0.989. The lowest BCUT2D eigenvalue weighted by Gasteiger charge is -2.40. The van der Waals surface area contributed by atoms with E-state index in [0.29, 0.717) is 17.9 Å². The first-order valence-electron chi connectivity index (χ1n) is 12.6. The molecule has 2 heterocycles. The van der Waals surface area contributed by atoms with Gasteiger partial charge in [-0.3, -0.25) is 14.4 Å². The van der Waals surface area contributed by atoms with E-state index in [1.54, 1.807) is 54.8 Å². The summed E-state index contributed by atoms with van der Waals surface area (Å²) < 4.78 is 11.7. The summed E-state index contributed by atoms with van der Waals surface area (Å²) in [5, 5.41) is 5.45. The maximum atomic E-state index is 13.6. The van der Waals surface area contributed by atoms with E-state index in [0.717, 1.165) is 5.56 Å². The van der Waals surface area contributed by atoms with Crippen molar-refractivity contribution in [2.45, 2.75) is 64.5 Å². The number of hydrogen-bond donors (Lipinski definition) is 2. The van der Waals surface area contributed by atoms with Crippen molar-refractivity contribution in [2.75, 3.05) is 23.7 Å². The number of hydrogen-bond acceptors (Lipinski definition) is 6. The highest BCUT2D eigenvalue weighted by Gasteiger charge is 2.49. The molecule has 3 atom stereocenters. The van der Waals surface area contributed by atoms with Crippen molar-refractivity contribution < 1.29 is 28.7 Å². The quantitative estimate of drug-likeness (QED) is 0.601. The molecule has 2 saturated heterocycles. The average Bonchev–Trinajstić information content (AvgIpc) is 3.26. The number of likely N-dealkylation sites (tertiary alicyclic amines) is 1. The Morgan fingerprint density at radius 1 is 0.974 bits per heavy atom. The van der Waals surface area contributed by atoms with Gasteiger partial charge in [-0.25, -0.2) is 4.79 Å². The molecule has 2 N–H and O–H groups in total. The third-order valence-electron chi connectivity index (χ3n) is 6.24. The van der Waals surface area contributed by atoms with Crippen LogP contribution in [0.5, 0.6) is 0 Å². The van der Waals surface area contributed by atoms with Crippen LogP contribution in [0.2, 0.25) is 0 Å². The summed E-state index contributed by atoms with van der Waals surface area (Å²) in [6.45, 7) is 7.72. The lowest BCUT2D eigenvalue weighted by molar-refractivity contribution is -0.169. The van der Waals surface area contributed by atoms with E-state index in [4.69, 9.17) is 9.47 Å². The Hall–Kier alpha value is -3.92. The molecule has 10 heteroatoms. The van der Waals surface area contributed by atoms with Gasteiger partial charge in [-0.05, 0) is 50.6 Å². The van der Waals surface area contributed by atoms with E-state index in [9.17, 15) is 19.2 Å². The Morgan fingerprint density at radius 3 is 2.21 bits per heavy atom. The van der Waals surface area contributed by atoms with Gasteiger partial charge in [0.2, 0.25) is 11.8 Å². The van der Waals surface area contributed by atoms with E-state index >= 15 is 0 Å². The average molecular weight is 523 g/mol. The van der Waals surface area contributed by atoms with Crippen molar-refractivity contribution in [2.24, 2.45) is 0 Å². The summed E-state index contributed by atoms with van der Waals surface area (Å²) in [5.41, 5.74) is 1.44. The van der Waals surface area contributed by atoms with Crippen LogP contribution in [-0.2, 0) is 30.4 Å². The fourth-order valence-electron chi connectivity index (χ4n) is 4.61. The first-order chi connectivity index (χ1) is 18.0. The fourth-order valence-corrected chi connectivity index (χ4v) is 4.61. The zero-order valence-corrected chi connectivity index (χ0v) is 22.1. The van der Waals surface area contributed by atoms with Gasteiger partial charge < -0.3 is 29.9 Å². The molecule has 2 aromatic rings. The van der Waals surface area contributed by atoms with Gasteiger partial charge >= 0.3 is 6.09 Å². The van der Waals surface area contributed by atoms with E-state index in [2.05, 4.69) is 10.6 Å². The summed E-state index contributed by atoms with van der Waals surface area (Å²) in [6, 6.07) is 15.9. The highest BCUT2D eigenvalue weighted by atomic mass is 16.6. The first-order valence-corrected chi connectivity index (χ1v) is 12.6. The van der Waals surface area contributed by atoms with Gasteiger partial charge in [-0.2, -0.15) is 0 Å². The largest absolute Gasteiger partial charge is 0.444 e. The van der Waals surface area contributed by atoms with E-state index in [1.165, 1.54) is 6.92 Å². The minimum absolute atomic E-state index is 0.173. The number of nitrogens with zero attached hydrogens (tertiary/aromatic N) is 2. The van der Waals surface area contributed by atoms with Gasteiger partial charge in [0.1, 0.15) is 11.7 Å². The van der Waals surface area contributed by atoms with Crippen molar-refractivity contribution in [3.63, 3.8) is 0 Å². The number of benzene rings is 2. The zero-order chi connectivity index (χ0) is 27.4. The molecule has 0 aliphatic carbocycles. The van der Waals surface area contributed by atoms with Gasteiger partial charge in [-0.1, -0.05) is 30.3 Å². The minimum Gasteiger partial charge on any atom is -0.444 e. The molecular weight excluding hydrogens is 488 g/mol. The standard InChI is InChI=1S/C28H34N4O6/c1-18(33)29-20-10-12-21(13-11-20)30-25(34)14-23-26(35)32(15-19-8-6-5-7-9-19)22-16-31(17-24(22)37-23)27(36)38-28(2,3)4/h5-13,22-24H,14-17H2,1-4H3,(H,29,33)(H,30,34). The van der Waals surface area contributed by atoms with Gasteiger partial charge in [0.05, 0.1) is 25.1 Å². The number of amides is 4. The van der Waals surface area contributed by atoms with Crippen molar-refractivity contribution in [3.8, 4) is 0 Å². The molecule has 0 spiro atoms. The zero-order valence-electron chi connectivity index (χ0n) is 22.1. The summed E-state index contributed by atoms with van der Waals surface area (Å²) in [7, 11) is 0. The Bertz CT molecular complexity index is 1180. The second-order valence-corrected chi connectivity index (χ2v) is 10.6. The number of morpholine rings is 1. The predicted octanol–water partition coefficient (Wildman–Crippen LogP) is 3.39. The molecule has 2 fully saturated rings. The number of ether oxygens (including phenoxy) is 2. The highest BCUT2D eigenvalue weighted by molar-refractivity contribution is 5.96. The van der Waals surface area contributed by atoms with E-state index in [-0.39, 0.29) is 43.3 Å². The Labute approximate surface area is 222 Å². The summed E-state index contributed by atoms with van der Waals surface area (Å²) in [5.74, 6) is -0.863. The summed E-state index contributed by atoms with van der Waals surface area (Å²) in [6.07, 6.45) is -2.07. The molecule has 4 amide bonds. The monoisotopic (exact) mass is 522 g/mol. The Balaban J connectivity index is 1.47. The van der Waals surface area contributed by atoms with Crippen molar-refractivity contribution >= 4 is 35.2 Å². The van der Waals surface area contributed by atoms with Gasteiger partial charge in [-0.15, -0.1) is 0 Å². The van der Waals surface area contributed by atoms with Crippen molar-refractivity contribution in [1.29, 1.82) is 0 Å². The molecule has 10 nitrogen and oxygen atoms in total. The number of carbonyl (C=O) groups excluding carboxylic acids is 4. The van der Waals surface area contributed by atoms with Crippen LogP contribution in [0.3, 0.4) is 0 Å².